The van der Waals surface area contributed by atoms with Gasteiger partial charge in [0.05, 0.1) is 4.92 Å². The summed E-state index contributed by atoms with van der Waals surface area (Å²) in [4.78, 5) is 26.0. The molecule has 0 bridgehead atoms. The van der Waals surface area contributed by atoms with E-state index in [1.54, 1.807) is 43.4 Å². The van der Waals surface area contributed by atoms with Gasteiger partial charge in [-0.25, -0.2) is 4.68 Å². The fourth-order valence-electron chi connectivity index (χ4n) is 2.82. The van der Waals surface area contributed by atoms with E-state index in [1.807, 2.05) is 6.07 Å². The van der Waals surface area contributed by atoms with Crippen LogP contribution in [-0.4, -0.2) is 36.0 Å². The van der Waals surface area contributed by atoms with E-state index in [0.717, 1.165) is 5.56 Å². The normalized spacial score (nSPS) is 10.9. The minimum Gasteiger partial charge on any atom is -0.345 e. The fourth-order valence-corrected chi connectivity index (χ4v) is 2.82. The Morgan fingerprint density at radius 2 is 2.04 bits per heavy atom. The lowest BCUT2D eigenvalue weighted by molar-refractivity contribution is -0.383. The number of tetrazole rings is 1. The third-order valence-electron chi connectivity index (χ3n) is 4.07. The number of hydrogen-bond acceptors (Lipinski definition) is 6. The maximum absolute atomic E-state index is 12.6. The van der Waals surface area contributed by atoms with Crippen molar-refractivity contribution in [2.75, 3.05) is 5.32 Å². The van der Waals surface area contributed by atoms with E-state index in [0.29, 0.717) is 22.4 Å². The molecule has 0 saturated heterocycles. The topological polar surface area (TPSA) is 132 Å². The van der Waals surface area contributed by atoms with Crippen molar-refractivity contribution in [1.82, 2.24) is 25.2 Å². The van der Waals surface area contributed by atoms with Crippen molar-refractivity contribution in [3.63, 3.8) is 0 Å². The number of carbonyl (C=O) groups excluding carboxylic acids is 1. The second-order valence-electron chi connectivity index (χ2n) is 5.84. The maximum Gasteiger partial charge on any atom is 0.293 e. The summed E-state index contributed by atoms with van der Waals surface area (Å²) >= 11 is 0. The van der Waals surface area contributed by atoms with E-state index < -0.39 is 10.8 Å². The number of nitrogens with one attached hydrogen (secondary N) is 2. The molecular weight excluding hydrogens is 350 g/mol. The highest BCUT2D eigenvalue weighted by Crippen LogP contribution is 2.26. The summed E-state index contributed by atoms with van der Waals surface area (Å²) in [5.74, 6) is 0.154. The van der Waals surface area contributed by atoms with Crippen molar-refractivity contribution in [3.05, 3.63) is 64.3 Å². The Balaban J connectivity index is 1.63. The summed E-state index contributed by atoms with van der Waals surface area (Å²) in [6, 6.07) is 13.3. The molecule has 0 aliphatic carbocycles. The van der Waals surface area contributed by atoms with E-state index in [-0.39, 0.29) is 11.4 Å². The van der Waals surface area contributed by atoms with E-state index in [1.165, 1.54) is 10.7 Å². The van der Waals surface area contributed by atoms with Gasteiger partial charge in [-0.1, -0.05) is 24.3 Å². The van der Waals surface area contributed by atoms with E-state index in [4.69, 9.17) is 0 Å². The van der Waals surface area contributed by atoms with Crippen molar-refractivity contribution in [3.8, 4) is 11.4 Å². The van der Waals surface area contributed by atoms with Gasteiger partial charge in [0, 0.05) is 29.8 Å². The van der Waals surface area contributed by atoms with Gasteiger partial charge in [-0.2, -0.15) is 0 Å². The number of nitrogens with zero attached hydrogens (tertiary/aromatic N) is 5. The SMILES string of the molecule is Cn1nnnc1-c1cccc(NC(=O)c2cc3cccc([N+](=O)[O-])c3[nH]2)c1. The molecule has 134 valence electrons. The Bertz CT molecular complexity index is 1180. The lowest BCUT2D eigenvalue weighted by atomic mass is 10.2. The molecule has 2 heterocycles. The first kappa shape index (κ1) is 16.4. The van der Waals surface area contributed by atoms with Crippen molar-refractivity contribution < 1.29 is 9.72 Å². The number of anilines is 1. The molecular formula is C17H13N7O3. The van der Waals surface area contributed by atoms with Crippen LogP contribution in [0.25, 0.3) is 22.3 Å². The van der Waals surface area contributed by atoms with Gasteiger partial charge in [0.15, 0.2) is 5.82 Å². The molecule has 10 nitrogen and oxygen atoms in total. The average molecular weight is 363 g/mol. The third kappa shape index (κ3) is 2.99. The predicted octanol–water partition coefficient (Wildman–Crippen LogP) is 2.52. The van der Waals surface area contributed by atoms with Crippen LogP contribution in [0.3, 0.4) is 0 Å². The molecule has 27 heavy (non-hydrogen) atoms. The number of nitro benzene ring substituents is 1. The molecule has 10 heteroatoms. The summed E-state index contributed by atoms with van der Waals surface area (Å²) in [6.07, 6.45) is 0. The highest BCUT2D eigenvalue weighted by atomic mass is 16.6. The fraction of sp³-hybridized carbons (Fsp3) is 0.0588. The molecule has 2 N–H and O–H groups in total. The highest BCUT2D eigenvalue weighted by molar-refractivity contribution is 6.07. The first-order valence-electron chi connectivity index (χ1n) is 7.93. The lowest BCUT2D eigenvalue weighted by Gasteiger charge is -2.06. The number of aromatic amines is 1. The van der Waals surface area contributed by atoms with Gasteiger partial charge in [-0.15, -0.1) is 5.10 Å². The Labute approximate surface area is 152 Å². The number of H-pyrrole nitrogens is 1. The smallest absolute Gasteiger partial charge is 0.293 e. The van der Waals surface area contributed by atoms with Crippen LogP contribution in [0.2, 0.25) is 0 Å². The number of hydrogen-bond donors (Lipinski definition) is 2. The molecule has 0 fully saturated rings. The number of fused-ring (bicyclic) bond motifs is 1. The first-order valence-corrected chi connectivity index (χ1v) is 7.93. The van der Waals surface area contributed by atoms with Crippen molar-refractivity contribution >= 4 is 28.2 Å². The van der Waals surface area contributed by atoms with Crippen LogP contribution in [0.5, 0.6) is 0 Å². The zero-order valence-corrected chi connectivity index (χ0v) is 14.1. The van der Waals surface area contributed by atoms with Crippen molar-refractivity contribution in [2.45, 2.75) is 0 Å². The van der Waals surface area contributed by atoms with Crippen molar-refractivity contribution in [1.29, 1.82) is 0 Å². The number of benzene rings is 2. The van der Waals surface area contributed by atoms with Gasteiger partial charge in [0.25, 0.3) is 11.6 Å². The summed E-state index contributed by atoms with van der Waals surface area (Å²) < 4.78 is 1.53. The van der Waals surface area contributed by atoms with Crippen LogP contribution in [0.4, 0.5) is 11.4 Å². The second-order valence-corrected chi connectivity index (χ2v) is 5.84. The van der Waals surface area contributed by atoms with Crippen molar-refractivity contribution in [2.24, 2.45) is 7.05 Å². The number of carbonyl (C=O) groups is 1. The zero-order valence-electron chi connectivity index (χ0n) is 14.1. The Kier molecular flexibility index (Phi) is 3.84. The Morgan fingerprint density at radius 3 is 2.78 bits per heavy atom. The van der Waals surface area contributed by atoms with Crippen LogP contribution in [0.1, 0.15) is 10.5 Å². The number of aryl methyl sites for hydroxylation is 1. The molecule has 0 aliphatic rings. The summed E-state index contributed by atoms with van der Waals surface area (Å²) in [7, 11) is 1.72. The lowest BCUT2D eigenvalue weighted by Crippen LogP contribution is -2.12. The molecule has 2 aromatic carbocycles. The second kappa shape index (κ2) is 6.33. The summed E-state index contributed by atoms with van der Waals surface area (Å²) in [5, 5.41) is 25.8. The zero-order chi connectivity index (χ0) is 19.0. The van der Waals surface area contributed by atoms with Gasteiger partial charge in [-0.05, 0) is 28.6 Å². The van der Waals surface area contributed by atoms with Crippen LogP contribution in [0.15, 0.2) is 48.5 Å². The molecule has 0 unspecified atom stereocenters. The quantitative estimate of drug-likeness (QED) is 0.423. The molecule has 0 spiro atoms. The van der Waals surface area contributed by atoms with Gasteiger partial charge >= 0.3 is 0 Å². The van der Waals surface area contributed by atoms with Crippen LogP contribution in [0, 0.1) is 10.1 Å². The molecule has 0 radical (unpaired) electrons. The van der Waals surface area contributed by atoms with Gasteiger partial charge < -0.3 is 10.3 Å². The summed E-state index contributed by atoms with van der Waals surface area (Å²) in [5.41, 5.74) is 1.75. The van der Waals surface area contributed by atoms with Crippen LogP contribution in [-0.2, 0) is 7.05 Å². The minimum absolute atomic E-state index is 0.0803. The Hall–Kier alpha value is -4.08. The number of nitro groups is 1. The third-order valence-corrected chi connectivity index (χ3v) is 4.07. The number of para-hydroxylation sites is 1. The molecule has 2 aromatic heterocycles. The largest absolute Gasteiger partial charge is 0.345 e. The molecule has 4 rings (SSSR count). The number of non-ortho nitro benzene ring substituents is 1. The van der Waals surface area contributed by atoms with E-state index >= 15 is 0 Å². The minimum atomic E-state index is -0.487. The van der Waals surface area contributed by atoms with E-state index in [2.05, 4.69) is 25.8 Å². The average Bonchev–Trinajstić information content (AvgIpc) is 3.27. The molecule has 0 saturated carbocycles. The standard InChI is InChI=1S/C17H13N7O3/c1-23-16(20-21-22-23)11-5-2-6-12(8-11)18-17(25)13-9-10-4-3-7-14(24(26)27)15(10)19-13/h2-9,19H,1H3,(H,18,25). The molecule has 0 aliphatic heterocycles. The predicted molar refractivity (Wildman–Crippen MR) is 97.1 cm³/mol. The summed E-state index contributed by atoms with van der Waals surface area (Å²) in [6.45, 7) is 0. The molecule has 1 amide bonds. The van der Waals surface area contributed by atoms with Crippen LogP contribution >= 0.6 is 0 Å². The number of rotatable bonds is 4. The monoisotopic (exact) mass is 363 g/mol. The van der Waals surface area contributed by atoms with Gasteiger partial charge in [-0.3, -0.25) is 14.9 Å². The van der Waals surface area contributed by atoms with E-state index in [9.17, 15) is 14.9 Å². The van der Waals surface area contributed by atoms with Crippen LogP contribution < -0.4 is 5.32 Å². The van der Waals surface area contributed by atoms with Gasteiger partial charge in [0.2, 0.25) is 0 Å². The maximum atomic E-state index is 12.6. The molecule has 4 aromatic rings. The Morgan fingerprint density at radius 1 is 1.22 bits per heavy atom. The number of aromatic nitrogens is 5. The van der Waals surface area contributed by atoms with Gasteiger partial charge in [0.1, 0.15) is 11.2 Å². The number of amides is 1. The first-order chi connectivity index (χ1) is 13.0. The molecule has 0 atom stereocenters. The highest BCUT2D eigenvalue weighted by Gasteiger charge is 2.17.